The summed E-state index contributed by atoms with van der Waals surface area (Å²) in [5, 5.41) is 10.3. The molecule has 1 aliphatic rings. The Labute approximate surface area is 147 Å². The number of rotatable bonds is 5. The van der Waals surface area contributed by atoms with Crippen molar-refractivity contribution in [2.24, 2.45) is 0 Å². The molecule has 2 aromatic heterocycles. The highest BCUT2D eigenvalue weighted by Gasteiger charge is 2.38. The monoisotopic (exact) mass is 371 g/mol. The first-order valence-corrected chi connectivity index (χ1v) is 8.42. The number of aryl methyl sites for hydroxylation is 1. The molecular weight excluding hydrogens is 351 g/mol. The lowest BCUT2D eigenvalue weighted by Gasteiger charge is -2.25. The summed E-state index contributed by atoms with van der Waals surface area (Å²) in [7, 11) is 0. The zero-order valence-corrected chi connectivity index (χ0v) is 14.3. The van der Waals surface area contributed by atoms with Crippen molar-refractivity contribution in [3.8, 4) is 0 Å². The van der Waals surface area contributed by atoms with Gasteiger partial charge in [0.25, 0.3) is 0 Å². The van der Waals surface area contributed by atoms with Crippen LogP contribution in [-0.2, 0) is 22.6 Å². The zero-order chi connectivity index (χ0) is 18.7. The predicted molar refractivity (Wildman–Crippen MR) is 88.6 cm³/mol. The summed E-state index contributed by atoms with van der Waals surface area (Å²) in [5.74, 6) is -1.97. The molecule has 1 saturated heterocycles. The average Bonchev–Trinajstić information content (AvgIpc) is 3.04. The minimum Gasteiger partial charge on any atom is -0.381 e. The maximum atomic E-state index is 12.5. The van der Waals surface area contributed by atoms with Crippen molar-refractivity contribution in [3.05, 3.63) is 18.0 Å². The van der Waals surface area contributed by atoms with Crippen LogP contribution < -0.4 is 10.6 Å². The average molecular weight is 371 g/mol. The van der Waals surface area contributed by atoms with E-state index in [0.717, 1.165) is 18.2 Å². The molecule has 0 unspecified atom stereocenters. The maximum Gasteiger partial charge on any atom is 0.471 e. The fourth-order valence-electron chi connectivity index (χ4n) is 2.93. The second kappa shape index (κ2) is 7.48. The van der Waals surface area contributed by atoms with E-state index in [4.69, 9.17) is 4.74 Å². The number of ether oxygens (including phenoxy) is 1. The van der Waals surface area contributed by atoms with Crippen molar-refractivity contribution < 1.29 is 22.7 Å². The fourth-order valence-corrected chi connectivity index (χ4v) is 2.93. The number of hydrogen-bond acceptors (Lipinski definition) is 5. The molecule has 1 amide bonds. The van der Waals surface area contributed by atoms with Gasteiger partial charge in [-0.15, -0.1) is 0 Å². The van der Waals surface area contributed by atoms with E-state index in [-0.39, 0.29) is 12.6 Å². The molecule has 0 atom stereocenters. The van der Waals surface area contributed by atoms with Crippen molar-refractivity contribution >= 4 is 22.6 Å². The van der Waals surface area contributed by atoms with Gasteiger partial charge >= 0.3 is 12.1 Å². The van der Waals surface area contributed by atoms with Crippen molar-refractivity contribution in [1.29, 1.82) is 0 Å². The zero-order valence-electron chi connectivity index (χ0n) is 14.3. The van der Waals surface area contributed by atoms with Crippen molar-refractivity contribution in [3.63, 3.8) is 0 Å². The number of carbonyl (C=O) groups excluding carboxylic acids is 1. The lowest BCUT2D eigenvalue weighted by atomic mass is 10.1. The number of hydrogen-bond donors (Lipinski definition) is 2. The van der Waals surface area contributed by atoms with Crippen molar-refractivity contribution in [1.82, 2.24) is 20.1 Å². The maximum absolute atomic E-state index is 12.5. The molecule has 142 valence electrons. The second-order valence-electron chi connectivity index (χ2n) is 6.07. The Morgan fingerprint density at radius 1 is 1.35 bits per heavy atom. The predicted octanol–water partition coefficient (Wildman–Crippen LogP) is 2.22. The normalized spacial score (nSPS) is 16.0. The van der Waals surface area contributed by atoms with E-state index in [1.165, 1.54) is 6.20 Å². The lowest BCUT2D eigenvalue weighted by molar-refractivity contribution is -0.173. The molecule has 1 fully saturated rings. The third-order valence-corrected chi connectivity index (χ3v) is 4.31. The van der Waals surface area contributed by atoms with E-state index in [1.807, 2.05) is 12.2 Å². The van der Waals surface area contributed by atoms with E-state index in [9.17, 15) is 18.0 Å². The summed E-state index contributed by atoms with van der Waals surface area (Å²) in [6.45, 7) is 3.53. The third-order valence-electron chi connectivity index (χ3n) is 4.31. The van der Waals surface area contributed by atoms with Gasteiger partial charge in [0.15, 0.2) is 5.65 Å². The number of fused-ring (bicyclic) bond motifs is 1. The number of pyridine rings is 1. The van der Waals surface area contributed by atoms with Crippen molar-refractivity contribution in [2.75, 3.05) is 18.5 Å². The number of aromatic nitrogens is 3. The van der Waals surface area contributed by atoms with Gasteiger partial charge in [0.1, 0.15) is 0 Å². The molecule has 2 aromatic rings. The van der Waals surface area contributed by atoms with Crippen molar-refractivity contribution in [2.45, 2.75) is 45.1 Å². The van der Waals surface area contributed by atoms with Gasteiger partial charge in [-0.05, 0) is 19.8 Å². The van der Waals surface area contributed by atoms with Gasteiger partial charge in [0, 0.05) is 44.1 Å². The molecule has 0 aromatic carbocycles. The highest BCUT2D eigenvalue weighted by Crippen LogP contribution is 2.28. The fraction of sp³-hybridized carbons (Fsp3) is 0.562. The van der Waals surface area contributed by atoms with Crippen LogP contribution in [0.4, 0.5) is 18.9 Å². The Bertz CT molecular complexity index is 784. The smallest absolute Gasteiger partial charge is 0.381 e. The molecule has 0 bridgehead atoms. The molecule has 3 heterocycles. The molecular formula is C16H20F3N5O2. The van der Waals surface area contributed by atoms with Crippen LogP contribution in [0.5, 0.6) is 0 Å². The minimum absolute atomic E-state index is 0.136. The number of halogens is 3. The number of nitrogens with one attached hydrogen (secondary N) is 2. The van der Waals surface area contributed by atoms with Gasteiger partial charge in [-0.1, -0.05) is 0 Å². The number of carbonyl (C=O) groups is 1. The molecule has 10 heteroatoms. The van der Waals surface area contributed by atoms with Gasteiger partial charge in [-0.25, -0.2) is 9.67 Å². The Balaban J connectivity index is 1.90. The Hall–Kier alpha value is -2.36. The first-order chi connectivity index (χ1) is 12.4. The molecule has 3 rings (SSSR count). The molecule has 0 saturated carbocycles. The van der Waals surface area contributed by atoms with E-state index in [2.05, 4.69) is 15.4 Å². The number of amides is 1. The Morgan fingerprint density at radius 2 is 2.08 bits per heavy atom. The third kappa shape index (κ3) is 3.90. The first kappa shape index (κ1) is 18.4. The summed E-state index contributed by atoms with van der Waals surface area (Å²) < 4.78 is 44.4. The van der Waals surface area contributed by atoms with Gasteiger partial charge in [0.2, 0.25) is 0 Å². The SMILES string of the molecule is CCn1ncc2c(NC3CCOCC3)c(CNC(=O)C(F)(F)F)cnc21. The van der Waals surface area contributed by atoms with E-state index in [1.54, 1.807) is 10.9 Å². The van der Waals surface area contributed by atoms with Crippen LogP contribution in [-0.4, -0.2) is 46.1 Å². The van der Waals surface area contributed by atoms with Crippen LogP contribution in [0.2, 0.25) is 0 Å². The number of nitrogens with zero attached hydrogens (tertiary/aromatic N) is 3. The summed E-state index contributed by atoms with van der Waals surface area (Å²) in [6.07, 6.45) is -0.212. The second-order valence-corrected chi connectivity index (χ2v) is 6.07. The van der Waals surface area contributed by atoms with Gasteiger partial charge in [-0.3, -0.25) is 4.79 Å². The van der Waals surface area contributed by atoms with Crippen LogP contribution in [0, 0.1) is 0 Å². The van der Waals surface area contributed by atoms with E-state index < -0.39 is 12.1 Å². The minimum atomic E-state index is -4.92. The van der Waals surface area contributed by atoms with Crippen LogP contribution in [0.25, 0.3) is 11.0 Å². The van der Waals surface area contributed by atoms with Crippen LogP contribution in [0.15, 0.2) is 12.4 Å². The first-order valence-electron chi connectivity index (χ1n) is 8.42. The summed E-state index contributed by atoms with van der Waals surface area (Å²) in [6, 6.07) is 0.136. The quantitative estimate of drug-likeness (QED) is 0.842. The van der Waals surface area contributed by atoms with E-state index in [0.29, 0.717) is 36.7 Å². The van der Waals surface area contributed by atoms with Gasteiger partial charge < -0.3 is 15.4 Å². The highest BCUT2D eigenvalue weighted by molar-refractivity contribution is 5.91. The molecule has 2 N–H and O–H groups in total. The topological polar surface area (TPSA) is 81.1 Å². The number of alkyl halides is 3. The highest BCUT2D eigenvalue weighted by atomic mass is 19.4. The number of anilines is 1. The molecule has 1 aliphatic heterocycles. The van der Waals surface area contributed by atoms with Crippen LogP contribution in [0.1, 0.15) is 25.3 Å². The summed E-state index contributed by atoms with van der Waals surface area (Å²) in [5.41, 5.74) is 1.79. The van der Waals surface area contributed by atoms with Gasteiger partial charge in [-0.2, -0.15) is 18.3 Å². The van der Waals surface area contributed by atoms with E-state index >= 15 is 0 Å². The molecule has 7 nitrogen and oxygen atoms in total. The van der Waals surface area contributed by atoms with Gasteiger partial charge in [0.05, 0.1) is 17.3 Å². The van der Waals surface area contributed by atoms with Crippen LogP contribution in [0.3, 0.4) is 0 Å². The summed E-state index contributed by atoms with van der Waals surface area (Å²) >= 11 is 0. The molecule has 0 aliphatic carbocycles. The summed E-state index contributed by atoms with van der Waals surface area (Å²) in [4.78, 5) is 15.5. The Morgan fingerprint density at radius 3 is 2.73 bits per heavy atom. The molecule has 0 spiro atoms. The standard InChI is InChI=1S/C16H20F3N5O2/c1-2-24-14-12(9-22-24)13(23-11-3-5-26-6-4-11)10(7-20-14)8-21-15(25)16(17,18)19/h7,9,11H,2-6,8H2,1H3,(H,20,23)(H,21,25). The lowest BCUT2D eigenvalue weighted by Crippen LogP contribution is -2.36. The van der Waals surface area contributed by atoms with Crippen LogP contribution >= 0.6 is 0 Å². The largest absolute Gasteiger partial charge is 0.471 e. The molecule has 0 radical (unpaired) electrons. The molecule has 26 heavy (non-hydrogen) atoms. The Kier molecular flexibility index (Phi) is 5.30.